The van der Waals surface area contributed by atoms with Crippen molar-refractivity contribution in [2.45, 2.75) is 61.3 Å². The standard InChI is InChI=1S/C33H24N16/c1-9-10(2)35-18-17(34-9)25-42-27-19-20(37-12(4)11(3)36-19)29-44-31-23-24(41-16(8)15(7)40-23)32-45-30-22-21(38-13(5)14(6)39-22)28-43-26(18)46(25)33(47(27)29,48(28)30)49(31)32/h1-8H3/q+2. The van der Waals surface area contributed by atoms with Gasteiger partial charge in [-0.05, 0) is 55.4 Å². The predicted molar refractivity (Wildman–Crippen MR) is 174 cm³/mol. The predicted octanol–water partition coefficient (Wildman–Crippen LogP) is 1.34. The minimum atomic E-state index is -1.29. The van der Waals surface area contributed by atoms with Crippen LogP contribution in [0.2, 0.25) is 0 Å². The molecule has 0 aromatic carbocycles. The lowest BCUT2D eigenvalue weighted by molar-refractivity contribution is -0.790. The van der Waals surface area contributed by atoms with Gasteiger partial charge < -0.3 is 0 Å². The molecule has 6 aliphatic rings. The summed E-state index contributed by atoms with van der Waals surface area (Å²) in [5, 5.41) is 0. The van der Waals surface area contributed by atoms with Crippen molar-refractivity contribution in [2.75, 3.05) is 0 Å². The molecule has 12 rings (SSSR count). The summed E-state index contributed by atoms with van der Waals surface area (Å²) in [5.41, 5.74) is 12.8. The Balaban J connectivity index is 1.41. The zero-order valence-electron chi connectivity index (χ0n) is 27.7. The number of rotatable bonds is 0. The average molecular weight is 645 g/mol. The highest BCUT2D eigenvalue weighted by atomic mass is 15.7. The molecule has 0 saturated heterocycles. The maximum absolute atomic E-state index is 5.35. The molecule has 0 atom stereocenters. The van der Waals surface area contributed by atoms with Gasteiger partial charge in [0.15, 0.2) is 44.8 Å². The van der Waals surface area contributed by atoms with Crippen molar-refractivity contribution in [3.8, 4) is 0 Å². The third kappa shape index (κ3) is 2.51. The van der Waals surface area contributed by atoms with Crippen molar-refractivity contribution < 1.29 is 9.15 Å². The fourth-order valence-corrected chi connectivity index (χ4v) is 7.87. The summed E-state index contributed by atoms with van der Waals surface area (Å²) in [6.07, 6.45) is 0. The van der Waals surface area contributed by atoms with E-state index in [1.165, 1.54) is 0 Å². The van der Waals surface area contributed by atoms with Crippen LogP contribution in [0.3, 0.4) is 0 Å². The zero-order valence-corrected chi connectivity index (χ0v) is 27.7. The topological polar surface area (TPSA) is 168 Å². The summed E-state index contributed by atoms with van der Waals surface area (Å²) in [6, 6.07) is 0. The lowest BCUT2D eigenvalue weighted by Crippen LogP contribution is -2.71. The van der Waals surface area contributed by atoms with Gasteiger partial charge in [-0.2, -0.15) is 9.13 Å². The molecule has 0 bridgehead atoms. The van der Waals surface area contributed by atoms with Crippen LogP contribution in [-0.2, 0) is 5.91 Å². The molecule has 0 aliphatic carbocycles. The zero-order chi connectivity index (χ0) is 33.2. The van der Waals surface area contributed by atoms with Gasteiger partial charge in [0, 0.05) is 0 Å². The number of aromatic nitrogens is 10. The van der Waals surface area contributed by atoms with E-state index < -0.39 is 5.91 Å². The van der Waals surface area contributed by atoms with Gasteiger partial charge in [-0.15, -0.1) is 9.15 Å². The third-order valence-electron chi connectivity index (χ3n) is 10.7. The first-order valence-corrected chi connectivity index (χ1v) is 16.0. The van der Waals surface area contributed by atoms with Crippen LogP contribution >= 0.6 is 0 Å². The summed E-state index contributed by atoms with van der Waals surface area (Å²) in [6.45, 7) is 15.7. The Kier molecular flexibility index (Phi) is 3.96. The van der Waals surface area contributed by atoms with Crippen LogP contribution < -0.4 is 11.0 Å². The number of hydrogen-bond acceptors (Lipinski definition) is 12. The van der Waals surface area contributed by atoms with Crippen molar-refractivity contribution in [1.29, 1.82) is 0 Å². The Morgan fingerprint density at radius 3 is 1.14 bits per heavy atom. The second kappa shape index (κ2) is 7.53. The van der Waals surface area contributed by atoms with Crippen LogP contribution in [0.4, 0.5) is 11.6 Å². The van der Waals surface area contributed by atoms with Gasteiger partial charge in [-0.3, -0.25) is 0 Å². The second-order valence-electron chi connectivity index (χ2n) is 13.3. The van der Waals surface area contributed by atoms with Gasteiger partial charge >= 0.3 is 5.91 Å². The molecule has 0 saturated carbocycles. The van der Waals surface area contributed by atoms with Crippen LogP contribution in [0.1, 0.15) is 68.3 Å². The molecular weight excluding hydrogens is 620 g/mol. The van der Waals surface area contributed by atoms with Gasteiger partial charge in [-0.25, -0.2) is 39.9 Å². The molecule has 0 unspecified atom stereocenters. The summed E-state index contributed by atoms with van der Waals surface area (Å²) in [7, 11) is 0. The number of aryl methyl sites for hydroxylation is 8. The SMILES string of the molecule is Cc1nc2c(nc1C)C1=[N+]3C2=Nc2c4nc(C)c(C)nc4c4n2C32n3c(c5nc(C)c(C)nc5c3=NC3=[N+]2C(=N4)c2nc(C)c(C)nc23)=N1. The van der Waals surface area contributed by atoms with E-state index in [1.807, 2.05) is 55.4 Å². The van der Waals surface area contributed by atoms with Gasteiger partial charge in [0.05, 0.1) is 45.6 Å². The monoisotopic (exact) mass is 644 g/mol. The van der Waals surface area contributed by atoms with Crippen molar-refractivity contribution in [2.24, 2.45) is 20.0 Å². The summed E-state index contributed by atoms with van der Waals surface area (Å²) < 4.78 is 8.43. The maximum Gasteiger partial charge on any atom is 0.405 e. The minimum Gasteiger partial charge on any atom is -0.244 e. The van der Waals surface area contributed by atoms with Crippen LogP contribution in [-0.4, -0.2) is 81.5 Å². The van der Waals surface area contributed by atoms with E-state index >= 15 is 0 Å². The Bertz CT molecular complexity index is 2880. The molecule has 0 N–H and O–H groups in total. The van der Waals surface area contributed by atoms with Crippen LogP contribution in [0, 0.1) is 55.4 Å². The minimum absolute atomic E-state index is 0.595. The number of aliphatic imine (C=N–C) groups is 2. The van der Waals surface area contributed by atoms with E-state index in [1.54, 1.807) is 0 Å². The second-order valence-corrected chi connectivity index (χ2v) is 13.3. The van der Waals surface area contributed by atoms with Crippen LogP contribution in [0.25, 0.3) is 22.1 Å². The smallest absolute Gasteiger partial charge is 0.244 e. The van der Waals surface area contributed by atoms with E-state index in [4.69, 9.17) is 59.8 Å². The van der Waals surface area contributed by atoms with Crippen LogP contribution in [0.15, 0.2) is 20.0 Å². The lowest BCUT2D eigenvalue weighted by atomic mass is 10.2. The van der Waals surface area contributed by atoms with E-state index in [-0.39, 0.29) is 0 Å². The molecule has 234 valence electrons. The highest BCUT2D eigenvalue weighted by Gasteiger charge is 2.71. The highest BCUT2D eigenvalue weighted by molar-refractivity contribution is 6.18. The Morgan fingerprint density at radius 2 is 0.735 bits per heavy atom. The average Bonchev–Trinajstić information content (AvgIpc) is 3.74. The highest BCUT2D eigenvalue weighted by Crippen LogP contribution is 2.51. The first-order valence-electron chi connectivity index (χ1n) is 16.0. The number of fused-ring (bicyclic) bond motifs is 12. The first kappa shape index (κ1) is 25.7. The number of amidine groups is 4. The molecule has 49 heavy (non-hydrogen) atoms. The van der Waals surface area contributed by atoms with Gasteiger partial charge in [0.1, 0.15) is 0 Å². The molecule has 6 aliphatic heterocycles. The largest absolute Gasteiger partial charge is 0.405 e. The fourth-order valence-electron chi connectivity index (χ4n) is 7.87. The molecular formula is C33H24N16+2. The normalized spacial score (nSPS) is 17.6. The fraction of sp³-hybridized carbons (Fsp3) is 0.273. The van der Waals surface area contributed by atoms with Gasteiger partial charge in [-0.1, -0.05) is 20.0 Å². The van der Waals surface area contributed by atoms with Gasteiger partial charge in [0.25, 0.3) is 23.3 Å². The van der Waals surface area contributed by atoms with E-state index in [0.29, 0.717) is 90.8 Å². The molecule has 6 aromatic heterocycles. The summed E-state index contributed by atoms with van der Waals surface area (Å²) in [5.74, 6) is 2.28. The third-order valence-corrected chi connectivity index (χ3v) is 10.7. The molecule has 0 radical (unpaired) electrons. The summed E-state index contributed by atoms with van der Waals surface area (Å²) in [4.78, 5) is 62.1. The van der Waals surface area contributed by atoms with Crippen LogP contribution in [0.5, 0.6) is 0 Å². The Labute approximate surface area is 275 Å². The molecule has 12 heterocycles. The van der Waals surface area contributed by atoms with Crippen molar-refractivity contribution in [1.82, 2.24) is 49.0 Å². The number of hydrogen-bond donors (Lipinski definition) is 0. The van der Waals surface area contributed by atoms with Crippen molar-refractivity contribution in [3.63, 3.8) is 0 Å². The van der Waals surface area contributed by atoms with E-state index in [9.17, 15) is 0 Å². The molecule has 0 fully saturated rings. The lowest BCUT2D eigenvalue weighted by Gasteiger charge is -2.39. The molecule has 6 aromatic rings. The van der Waals surface area contributed by atoms with Crippen molar-refractivity contribution in [3.05, 3.63) is 79.3 Å². The Hall–Kier alpha value is -6.32. The van der Waals surface area contributed by atoms with E-state index in [0.717, 1.165) is 45.6 Å². The molecule has 16 heteroatoms. The first-order chi connectivity index (χ1) is 23.6. The maximum atomic E-state index is 5.35. The molecule has 0 amide bonds. The van der Waals surface area contributed by atoms with Gasteiger partial charge in [0.2, 0.25) is 22.6 Å². The summed E-state index contributed by atoms with van der Waals surface area (Å²) >= 11 is 0. The van der Waals surface area contributed by atoms with Crippen molar-refractivity contribution >= 4 is 57.0 Å². The number of nitrogens with zero attached hydrogens (tertiary/aromatic N) is 16. The van der Waals surface area contributed by atoms with E-state index in [2.05, 4.69) is 18.3 Å². The Morgan fingerprint density at radius 1 is 0.388 bits per heavy atom. The molecule has 16 nitrogen and oxygen atoms in total. The quantitative estimate of drug-likeness (QED) is 0.223. The molecule has 1 spiro atoms.